The van der Waals surface area contributed by atoms with Crippen LogP contribution >= 0.6 is 0 Å². The lowest BCUT2D eigenvalue weighted by Crippen LogP contribution is -2.01. The second-order valence-corrected chi connectivity index (χ2v) is 5.07. The van der Waals surface area contributed by atoms with Crippen molar-refractivity contribution in [1.29, 1.82) is 0 Å². The Morgan fingerprint density at radius 2 is 2.31 bits per heavy atom. The molecule has 1 aliphatic carbocycles. The molecule has 3 heteroatoms. The van der Waals surface area contributed by atoms with Crippen LogP contribution in [-0.2, 0) is 10.8 Å². The molecule has 0 radical (unpaired) electrons. The molecule has 0 aliphatic heterocycles. The zero-order valence-corrected chi connectivity index (χ0v) is 8.51. The summed E-state index contributed by atoms with van der Waals surface area (Å²) in [6.45, 7) is 1.99. The maximum Gasteiger partial charge on any atom is 0.127 e. The van der Waals surface area contributed by atoms with E-state index in [1.165, 1.54) is 12.8 Å². The van der Waals surface area contributed by atoms with E-state index in [9.17, 15) is 4.21 Å². The summed E-state index contributed by atoms with van der Waals surface area (Å²) in [6.07, 6.45) is 4.27. The van der Waals surface area contributed by atoms with Gasteiger partial charge in [0.15, 0.2) is 0 Å². The third-order valence-corrected chi connectivity index (χ3v) is 3.68. The van der Waals surface area contributed by atoms with E-state index in [4.69, 9.17) is 0 Å². The molecule has 2 rings (SSSR count). The van der Waals surface area contributed by atoms with Gasteiger partial charge in [-0.2, -0.15) is 0 Å². The predicted molar refractivity (Wildman–Crippen MR) is 53.0 cm³/mol. The summed E-state index contributed by atoms with van der Waals surface area (Å²) >= 11 is 0. The number of aromatic nitrogens is 1. The highest BCUT2D eigenvalue weighted by atomic mass is 32.2. The summed E-state index contributed by atoms with van der Waals surface area (Å²) in [5.41, 5.74) is 1.12. The van der Waals surface area contributed by atoms with Crippen LogP contribution in [0, 0.1) is 12.8 Å². The number of hydrogen-bond donors (Lipinski definition) is 0. The van der Waals surface area contributed by atoms with Crippen molar-refractivity contribution >= 4 is 10.8 Å². The van der Waals surface area contributed by atoms with Crippen molar-refractivity contribution in [1.82, 2.24) is 4.98 Å². The molecule has 1 saturated carbocycles. The lowest BCUT2D eigenvalue weighted by molar-refractivity contribution is 0.677. The Kier molecular flexibility index (Phi) is 2.44. The predicted octanol–water partition coefficient (Wildman–Crippen LogP) is 1.91. The normalized spacial score (nSPS) is 18.5. The van der Waals surface area contributed by atoms with Crippen molar-refractivity contribution in [2.24, 2.45) is 5.92 Å². The van der Waals surface area contributed by atoms with Gasteiger partial charge in [-0.3, -0.25) is 4.21 Å². The molecule has 1 aliphatic rings. The van der Waals surface area contributed by atoms with Gasteiger partial charge in [0, 0.05) is 11.9 Å². The maximum absolute atomic E-state index is 11.7. The molecule has 0 bridgehead atoms. The second kappa shape index (κ2) is 3.58. The fourth-order valence-corrected chi connectivity index (χ4v) is 2.50. The van der Waals surface area contributed by atoms with Crippen LogP contribution in [0.15, 0.2) is 23.4 Å². The summed E-state index contributed by atoms with van der Waals surface area (Å²) in [5, 5.41) is 0.734. The lowest BCUT2D eigenvalue weighted by Gasteiger charge is -1.99. The molecule has 70 valence electrons. The van der Waals surface area contributed by atoms with Crippen LogP contribution in [-0.4, -0.2) is 14.9 Å². The van der Waals surface area contributed by atoms with Gasteiger partial charge in [-0.15, -0.1) is 0 Å². The molecule has 1 heterocycles. The number of aryl methyl sites for hydroxylation is 1. The van der Waals surface area contributed by atoms with Crippen molar-refractivity contribution in [2.75, 3.05) is 5.75 Å². The fraction of sp³-hybridized carbons (Fsp3) is 0.500. The molecular weight excluding hydrogens is 182 g/mol. The number of pyridine rings is 1. The largest absolute Gasteiger partial charge is 0.253 e. The van der Waals surface area contributed by atoms with Crippen molar-refractivity contribution in [3.05, 3.63) is 23.9 Å². The first-order valence-corrected chi connectivity index (χ1v) is 5.88. The van der Waals surface area contributed by atoms with E-state index in [1.807, 2.05) is 19.1 Å². The van der Waals surface area contributed by atoms with Crippen molar-refractivity contribution in [3.63, 3.8) is 0 Å². The third kappa shape index (κ3) is 2.37. The summed E-state index contributed by atoms with van der Waals surface area (Å²) in [6, 6.07) is 3.83. The Morgan fingerprint density at radius 3 is 2.85 bits per heavy atom. The molecule has 1 atom stereocenters. The zero-order valence-electron chi connectivity index (χ0n) is 7.69. The van der Waals surface area contributed by atoms with Crippen LogP contribution in [0.25, 0.3) is 0 Å². The number of rotatable bonds is 3. The van der Waals surface area contributed by atoms with Crippen molar-refractivity contribution < 1.29 is 4.21 Å². The molecule has 13 heavy (non-hydrogen) atoms. The molecule has 1 aromatic heterocycles. The van der Waals surface area contributed by atoms with Crippen molar-refractivity contribution in [3.8, 4) is 0 Å². The molecule has 0 spiro atoms. The zero-order chi connectivity index (χ0) is 9.26. The first-order chi connectivity index (χ1) is 6.25. The standard InChI is InChI=1S/C10H13NOS/c1-8-2-5-10(11-6-8)13(12)7-9-3-4-9/h2,5-6,9H,3-4,7H2,1H3. The van der Waals surface area contributed by atoms with E-state index in [0.29, 0.717) is 5.92 Å². The van der Waals surface area contributed by atoms with Crippen LogP contribution in [0.2, 0.25) is 0 Å². The summed E-state index contributed by atoms with van der Waals surface area (Å²) in [4.78, 5) is 4.16. The topological polar surface area (TPSA) is 30.0 Å². The minimum absolute atomic E-state index is 0.698. The summed E-state index contributed by atoms with van der Waals surface area (Å²) in [5.74, 6) is 1.50. The highest BCUT2D eigenvalue weighted by molar-refractivity contribution is 7.85. The lowest BCUT2D eigenvalue weighted by atomic mass is 10.3. The van der Waals surface area contributed by atoms with E-state index in [-0.39, 0.29) is 0 Å². The number of nitrogens with zero attached hydrogens (tertiary/aromatic N) is 1. The quantitative estimate of drug-likeness (QED) is 0.737. The minimum atomic E-state index is -0.870. The molecular formula is C10H13NOS. The van der Waals surface area contributed by atoms with Gasteiger partial charge in [0.25, 0.3) is 0 Å². The Balaban J connectivity index is 2.05. The smallest absolute Gasteiger partial charge is 0.127 e. The second-order valence-electron chi connectivity index (χ2n) is 3.63. The van der Waals surface area contributed by atoms with Gasteiger partial charge in [0.1, 0.15) is 5.03 Å². The van der Waals surface area contributed by atoms with Crippen LogP contribution in [0.3, 0.4) is 0 Å². The van der Waals surface area contributed by atoms with Gasteiger partial charge in [0.2, 0.25) is 0 Å². The van der Waals surface area contributed by atoms with E-state index in [2.05, 4.69) is 4.98 Å². The molecule has 1 fully saturated rings. The van der Waals surface area contributed by atoms with Gasteiger partial charge in [-0.1, -0.05) is 6.07 Å². The van der Waals surface area contributed by atoms with E-state index >= 15 is 0 Å². The molecule has 1 unspecified atom stereocenters. The number of hydrogen-bond acceptors (Lipinski definition) is 2. The summed E-state index contributed by atoms with van der Waals surface area (Å²) in [7, 11) is -0.870. The first-order valence-electron chi connectivity index (χ1n) is 4.57. The summed E-state index contributed by atoms with van der Waals surface area (Å²) < 4.78 is 11.7. The van der Waals surface area contributed by atoms with Crippen LogP contribution in [0.1, 0.15) is 18.4 Å². The molecule has 0 N–H and O–H groups in total. The van der Waals surface area contributed by atoms with E-state index in [0.717, 1.165) is 16.3 Å². The van der Waals surface area contributed by atoms with E-state index in [1.54, 1.807) is 6.20 Å². The highest BCUT2D eigenvalue weighted by Crippen LogP contribution is 2.30. The van der Waals surface area contributed by atoms with Gasteiger partial charge in [0.05, 0.1) is 10.8 Å². The Morgan fingerprint density at radius 1 is 1.54 bits per heavy atom. The molecule has 1 aromatic rings. The Hall–Kier alpha value is -0.700. The van der Waals surface area contributed by atoms with E-state index < -0.39 is 10.8 Å². The fourth-order valence-electron chi connectivity index (χ4n) is 1.17. The van der Waals surface area contributed by atoms with Crippen molar-refractivity contribution in [2.45, 2.75) is 24.8 Å². The van der Waals surface area contributed by atoms with Gasteiger partial charge < -0.3 is 0 Å². The van der Waals surface area contributed by atoms with Crippen LogP contribution in [0.5, 0.6) is 0 Å². The molecule has 0 saturated heterocycles. The average Bonchev–Trinajstić information content (AvgIpc) is 2.89. The van der Waals surface area contributed by atoms with Gasteiger partial charge in [-0.05, 0) is 37.3 Å². The monoisotopic (exact) mass is 195 g/mol. The molecule has 2 nitrogen and oxygen atoms in total. The Bertz CT molecular complexity index is 316. The minimum Gasteiger partial charge on any atom is -0.253 e. The molecule has 0 amide bonds. The Labute approximate surface area is 80.8 Å². The maximum atomic E-state index is 11.7. The average molecular weight is 195 g/mol. The van der Waals surface area contributed by atoms with Crippen LogP contribution < -0.4 is 0 Å². The SMILES string of the molecule is Cc1ccc(S(=O)CC2CC2)nc1. The van der Waals surface area contributed by atoms with Crippen LogP contribution in [0.4, 0.5) is 0 Å². The first kappa shape index (κ1) is 8.88. The third-order valence-electron chi connectivity index (χ3n) is 2.20. The molecule has 0 aromatic carbocycles. The highest BCUT2D eigenvalue weighted by Gasteiger charge is 2.24. The van der Waals surface area contributed by atoms with Gasteiger partial charge in [-0.25, -0.2) is 4.98 Å². The van der Waals surface area contributed by atoms with Gasteiger partial charge >= 0.3 is 0 Å².